The lowest BCUT2D eigenvalue weighted by atomic mass is 10.1. The van der Waals surface area contributed by atoms with Crippen LogP contribution >= 0.6 is 11.6 Å². The first kappa shape index (κ1) is 21.8. The van der Waals surface area contributed by atoms with Gasteiger partial charge in [-0.2, -0.15) is 0 Å². The molecule has 1 atom stereocenters. The molecule has 1 aromatic heterocycles. The molecule has 3 rings (SSSR count). The third-order valence-electron chi connectivity index (χ3n) is 4.49. The Morgan fingerprint density at radius 2 is 2.00 bits per heavy atom. The van der Waals surface area contributed by atoms with E-state index in [1.807, 2.05) is 0 Å². The van der Waals surface area contributed by atoms with Crippen LogP contribution in [-0.4, -0.2) is 32.8 Å². The molecule has 0 unspecified atom stereocenters. The summed E-state index contributed by atoms with van der Waals surface area (Å²) in [7, 11) is 0. The van der Waals surface area contributed by atoms with E-state index >= 15 is 0 Å². The van der Waals surface area contributed by atoms with E-state index in [1.54, 1.807) is 63.2 Å². The summed E-state index contributed by atoms with van der Waals surface area (Å²) in [4.78, 5) is 30.1. The first-order chi connectivity index (χ1) is 14.1. The second-order valence-corrected chi connectivity index (χ2v) is 8.11. The number of rotatable bonds is 5. The number of carbonyl (C=O) groups is 1. The highest BCUT2D eigenvalue weighted by atomic mass is 35.5. The molecule has 0 aliphatic heterocycles. The molecule has 3 aromatic rings. The Bertz CT molecular complexity index is 1160. The summed E-state index contributed by atoms with van der Waals surface area (Å²) in [5.74, 6) is 0.373. The minimum Gasteiger partial charge on any atom is -0.394 e. The number of hydrogen-bond acceptors (Lipinski definition) is 5. The monoisotopic (exact) mass is 429 g/mol. The first-order valence-corrected chi connectivity index (χ1v) is 9.78. The SMILES string of the molecule is C[C@H](N)c1nc2cccc(Cl)c2c(=O)n1-c1cccc(NC(=O)NC(C)(C)CO)c1. The van der Waals surface area contributed by atoms with Gasteiger partial charge in [-0.25, -0.2) is 9.78 Å². The van der Waals surface area contributed by atoms with Gasteiger partial charge in [0.1, 0.15) is 5.82 Å². The van der Waals surface area contributed by atoms with Gasteiger partial charge in [0, 0.05) is 5.69 Å². The molecule has 2 amide bonds. The van der Waals surface area contributed by atoms with Gasteiger partial charge >= 0.3 is 6.03 Å². The number of nitrogens with two attached hydrogens (primary N) is 1. The van der Waals surface area contributed by atoms with Gasteiger partial charge < -0.3 is 21.5 Å². The van der Waals surface area contributed by atoms with E-state index in [0.29, 0.717) is 33.1 Å². The number of anilines is 1. The summed E-state index contributed by atoms with van der Waals surface area (Å²) < 4.78 is 1.40. The molecular weight excluding hydrogens is 406 g/mol. The number of fused-ring (bicyclic) bond motifs is 1. The van der Waals surface area contributed by atoms with Crippen molar-refractivity contribution in [3.05, 3.63) is 63.7 Å². The predicted molar refractivity (Wildman–Crippen MR) is 118 cm³/mol. The lowest BCUT2D eigenvalue weighted by Crippen LogP contribution is -2.48. The van der Waals surface area contributed by atoms with Crippen LogP contribution < -0.4 is 21.9 Å². The van der Waals surface area contributed by atoms with Crippen LogP contribution in [0, 0.1) is 0 Å². The van der Waals surface area contributed by atoms with Gasteiger partial charge in [-0.3, -0.25) is 9.36 Å². The third kappa shape index (κ3) is 4.46. The van der Waals surface area contributed by atoms with Crippen LogP contribution in [0.25, 0.3) is 16.6 Å². The van der Waals surface area contributed by atoms with Crippen molar-refractivity contribution in [1.82, 2.24) is 14.9 Å². The van der Waals surface area contributed by atoms with E-state index in [-0.39, 0.29) is 12.2 Å². The number of halogens is 1. The fraction of sp³-hybridized carbons (Fsp3) is 0.286. The maximum absolute atomic E-state index is 13.3. The molecular formula is C21H24ClN5O3. The number of aliphatic hydroxyl groups is 1. The Hall–Kier alpha value is -2.94. The number of hydrogen-bond donors (Lipinski definition) is 4. The highest BCUT2D eigenvalue weighted by Gasteiger charge is 2.20. The highest BCUT2D eigenvalue weighted by molar-refractivity contribution is 6.35. The summed E-state index contributed by atoms with van der Waals surface area (Å²) in [6, 6.07) is 10.8. The average Bonchev–Trinajstić information content (AvgIpc) is 2.67. The predicted octanol–water partition coefficient (Wildman–Crippen LogP) is 2.95. The van der Waals surface area contributed by atoms with Gasteiger partial charge in [0.2, 0.25) is 0 Å². The van der Waals surface area contributed by atoms with Crippen molar-refractivity contribution in [3.8, 4) is 5.69 Å². The molecule has 2 aromatic carbocycles. The number of aromatic nitrogens is 2. The number of amides is 2. The number of nitrogens with zero attached hydrogens (tertiary/aromatic N) is 2. The van der Waals surface area contributed by atoms with Crippen molar-refractivity contribution in [2.45, 2.75) is 32.4 Å². The normalized spacial score (nSPS) is 12.6. The standard InChI is InChI=1S/C21H24ClN5O3/c1-12(23)18-25-16-9-5-8-15(22)17(16)19(29)27(18)14-7-4-6-13(10-14)24-20(30)26-21(2,3)11-28/h4-10,12,28H,11,23H2,1-3H3,(H2,24,26,30)/t12-/m0/s1. The highest BCUT2D eigenvalue weighted by Crippen LogP contribution is 2.23. The van der Waals surface area contributed by atoms with Gasteiger partial charge in [0.25, 0.3) is 5.56 Å². The summed E-state index contributed by atoms with van der Waals surface area (Å²) in [5.41, 5.74) is 6.38. The van der Waals surface area contributed by atoms with E-state index in [2.05, 4.69) is 15.6 Å². The van der Waals surface area contributed by atoms with Crippen LogP contribution in [0.2, 0.25) is 5.02 Å². The Morgan fingerprint density at radius 1 is 1.30 bits per heavy atom. The zero-order chi connectivity index (χ0) is 22.1. The quantitative estimate of drug-likeness (QED) is 0.496. The Morgan fingerprint density at radius 3 is 2.67 bits per heavy atom. The van der Waals surface area contributed by atoms with E-state index < -0.39 is 17.6 Å². The Balaban J connectivity index is 2.08. The van der Waals surface area contributed by atoms with Crippen LogP contribution in [0.15, 0.2) is 47.3 Å². The Labute approximate surface area is 178 Å². The fourth-order valence-electron chi connectivity index (χ4n) is 2.99. The zero-order valence-corrected chi connectivity index (χ0v) is 17.7. The molecule has 30 heavy (non-hydrogen) atoms. The fourth-order valence-corrected chi connectivity index (χ4v) is 3.24. The molecule has 0 spiro atoms. The second-order valence-electron chi connectivity index (χ2n) is 7.70. The molecule has 0 fully saturated rings. The molecule has 0 bridgehead atoms. The summed E-state index contributed by atoms with van der Waals surface area (Å²) in [6.45, 7) is 4.92. The molecule has 5 N–H and O–H groups in total. The topological polar surface area (TPSA) is 122 Å². The maximum Gasteiger partial charge on any atom is 0.319 e. The molecule has 0 saturated heterocycles. The van der Waals surface area contributed by atoms with Crippen molar-refractivity contribution in [3.63, 3.8) is 0 Å². The number of nitrogens with one attached hydrogen (secondary N) is 2. The van der Waals surface area contributed by atoms with Crippen LogP contribution in [0.1, 0.15) is 32.6 Å². The van der Waals surface area contributed by atoms with Crippen LogP contribution in [0.5, 0.6) is 0 Å². The van der Waals surface area contributed by atoms with Gasteiger partial charge in [-0.05, 0) is 51.1 Å². The van der Waals surface area contributed by atoms with Crippen molar-refractivity contribution >= 4 is 34.2 Å². The number of carbonyl (C=O) groups excluding carboxylic acids is 1. The average molecular weight is 430 g/mol. The minimum absolute atomic E-state index is 0.211. The van der Waals surface area contributed by atoms with Gasteiger partial charge in [-0.1, -0.05) is 23.7 Å². The number of urea groups is 1. The first-order valence-electron chi connectivity index (χ1n) is 9.40. The van der Waals surface area contributed by atoms with Crippen LogP contribution in [0.4, 0.5) is 10.5 Å². The smallest absolute Gasteiger partial charge is 0.319 e. The van der Waals surface area contributed by atoms with Crippen molar-refractivity contribution < 1.29 is 9.90 Å². The Kier molecular flexibility index (Phi) is 6.12. The largest absolute Gasteiger partial charge is 0.394 e. The van der Waals surface area contributed by atoms with Crippen molar-refractivity contribution in [2.24, 2.45) is 5.73 Å². The van der Waals surface area contributed by atoms with Crippen molar-refractivity contribution in [2.75, 3.05) is 11.9 Å². The second kappa shape index (κ2) is 8.43. The van der Waals surface area contributed by atoms with Crippen LogP contribution in [-0.2, 0) is 0 Å². The lowest BCUT2D eigenvalue weighted by Gasteiger charge is -2.23. The summed E-state index contributed by atoms with van der Waals surface area (Å²) >= 11 is 6.26. The minimum atomic E-state index is -0.778. The summed E-state index contributed by atoms with van der Waals surface area (Å²) in [5, 5.41) is 15.3. The maximum atomic E-state index is 13.3. The van der Waals surface area contributed by atoms with Gasteiger partial charge in [0.15, 0.2) is 0 Å². The number of aliphatic hydroxyl groups excluding tert-OH is 1. The van der Waals surface area contributed by atoms with E-state index in [1.165, 1.54) is 4.57 Å². The molecule has 0 aliphatic carbocycles. The zero-order valence-electron chi connectivity index (χ0n) is 16.9. The number of benzene rings is 2. The molecule has 0 radical (unpaired) electrons. The molecule has 8 nitrogen and oxygen atoms in total. The van der Waals surface area contributed by atoms with Gasteiger partial charge in [0.05, 0.1) is 39.8 Å². The van der Waals surface area contributed by atoms with E-state index in [0.717, 1.165) is 0 Å². The molecule has 0 saturated carbocycles. The molecule has 0 aliphatic rings. The van der Waals surface area contributed by atoms with Crippen LogP contribution in [0.3, 0.4) is 0 Å². The molecule has 1 heterocycles. The van der Waals surface area contributed by atoms with E-state index in [4.69, 9.17) is 17.3 Å². The summed E-state index contributed by atoms with van der Waals surface area (Å²) in [6.07, 6.45) is 0. The lowest BCUT2D eigenvalue weighted by molar-refractivity contribution is 0.187. The third-order valence-corrected chi connectivity index (χ3v) is 4.80. The molecule has 9 heteroatoms. The van der Waals surface area contributed by atoms with Gasteiger partial charge in [-0.15, -0.1) is 0 Å². The molecule has 158 valence electrons. The van der Waals surface area contributed by atoms with E-state index in [9.17, 15) is 14.7 Å². The van der Waals surface area contributed by atoms with Crippen molar-refractivity contribution in [1.29, 1.82) is 0 Å².